The van der Waals surface area contributed by atoms with E-state index >= 15 is 8.78 Å². The molecule has 6 aliphatic carbocycles. The minimum atomic E-state index is -0.420. The van der Waals surface area contributed by atoms with Crippen molar-refractivity contribution in [1.29, 1.82) is 0 Å². The number of hydrogen-bond donors (Lipinski definition) is 4. The number of nitrogens with one attached hydrogen (secondary N) is 4. The number of Topliss-reactive ketones (excluding diaryl/α,β-unsaturated/α-hetero) is 4. The minimum absolute atomic E-state index is 0.0539. The molecule has 728 valence electrons. The highest BCUT2D eigenvalue weighted by atomic mass is 35.5. The highest BCUT2D eigenvalue weighted by Gasteiger charge is 2.46. The number of ketones is 4. The van der Waals surface area contributed by atoms with Crippen molar-refractivity contribution in [1.82, 2.24) is 64.0 Å². The van der Waals surface area contributed by atoms with E-state index < -0.39 is 11.6 Å². The Kier molecular flexibility index (Phi) is 31.5. The number of carbonyl (C=O) groups is 8. The third kappa shape index (κ3) is 23.6. The molecule has 8 atom stereocenters. The van der Waals surface area contributed by atoms with Gasteiger partial charge in [0.25, 0.3) is 0 Å². The first-order chi connectivity index (χ1) is 65.7. The molecule has 6 fully saturated rings. The Morgan fingerprint density at radius 3 is 1.13 bits per heavy atom. The van der Waals surface area contributed by atoms with Gasteiger partial charge in [0, 0.05) is 164 Å². The maximum atomic E-state index is 15.1. The molecular weight excluding hydrogens is 1810 g/mol. The molecule has 0 spiro atoms. The minimum Gasteiger partial charge on any atom is -0.310 e. The summed E-state index contributed by atoms with van der Waals surface area (Å²) in [6.07, 6.45) is 26.5. The van der Waals surface area contributed by atoms with Crippen LogP contribution >= 0.6 is 34.8 Å². The lowest BCUT2D eigenvalue weighted by atomic mass is 9.77. The Morgan fingerprint density at radius 1 is 0.406 bits per heavy atom. The summed E-state index contributed by atoms with van der Waals surface area (Å²) in [5.74, 6) is 2.62. The van der Waals surface area contributed by atoms with Crippen molar-refractivity contribution in [2.24, 2.45) is 80.9 Å². The fourth-order valence-corrected chi connectivity index (χ4v) is 22.0. The van der Waals surface area contributed by atoms with E-state index in [1.54, 1.807) is 65.4 Å². The summed E-state index contributed by atoms with van der Waals surface area (Å²) in [7, 11) is 7.44. The van der Waals surface area contributed by atoms with Gasteiger partial charge in [0.05, 0.1) is 26.5 Å². The van der Waals surface area contributed by atoms with Gasteiger partial charge < -0.3 is 35.7 Å². The number of rotatable bonds is 25. The van der Waals surface area contributed by atoms with Crippen LogP contribution in [-0.2, 0) is 66.5 Å². The van der Waals surface area contributed by atoms with Crippen LogP contribution in [0.5, 0.6) is 0 Å². The van der Waals surface area contributed by atoms with E-state index in [9.17, 15) is 42.7 Å². The second-order valence-electron chi connectivity index (χ2n) is 40.7. The van der Waals surface area contributed by atoms with Crippen LogP contribution < -0.4 is 21.3 Å². The number of nitrogens with zero attached hydrogens (tertiary/aromatic N) is 13. The van der Waals surface area contributed by atoms with Gasteiger partial charge in [-0.3, -0.25) is 42.7 Å². The number of fused-ring (bicyclic) bond motifs is 4. The van der Waals surface area contributed by atoms with E-state index in [4.69, 9.17) is 39.8 Å². The summed E-state index contributed by atoms with van der Waals surface area (Å²) in [6.45, 7) is 21.3. The van der Waals surface area contributed by atoms with Crippen molar-refractivity contribution in [3.63, 3.8) is 0 Å². The molecule has 6 aliphatic rings. The zero-order valence-electron chi connectivity index (χ0n) is 81.5. The molecule has 9 aromatic heterocycles. The zero-order valence-corrected chi connectivity index (χ0v) is 83.8. The summed E-state index contributed by atoms with van der Waals surface area (Å²) >= 11 is 19.4. The van der Waals surface area contributed by atoms with E-state index in [0.717, 1.165) is 189 Å². The van der Waals surface area contributed by atoms with Gasteiger partial charge in [-0.15, -0.1) is 0 Å². The molecule has 138 heavy (non-hydrogen) atoms. The molecular formula is C107H125Cl3F3N17O8. The summed E-state index contributed by atoms with van der Waals surface area (Å²) in [5.41, 5.74) is 13.0. The molecule has 4 amide bonds. The van der Waals surface area contributed by atoms with Gasteiger partial charge in [-0.2, -0.15) is 20.4 Å². The molecule has 0 saturated heterocycles. The molecule has 4 N–H and O–H groups in total. The quantitative estimate of drug-likeness (QED) is 0.0413. The molecule has 12 aromatic rings. The smallest absolute Gasteiger partial charge is 0.228 e. The summed E-state index contributed by atoms with van der Waals surface area (Å²) in [6, 6.07) is 21.0. The van der Waals surface area contributed by atoms with Gasteiger partial charge in [0.1, 0.15) is 74.0 Å². The van der Waals surface area contributed by atoms with Crippen molar-refractivity contribution < 1.29 is 51.5 Å². The number of pyridine rings is 5. The van der Waals surface area contributed by atoms with Crippen molar-refractivity contribution >= 4 is 149 Å². The number of carbonyl (C=O) groups excluding carboxylic acids is 8. The fraction of sp³-hybridized carbons (Fsp3) is 0.486. The summed E-state index contributed by atoms with van der Waals surface area (Å²) < 4.78 is 52.2. The first-order valence-electron chi connectivity index (χ1n) is 48.7. The van der Waals surface area contributed by atoms with E-state index in [-0.39, 0.29) is 117 Å². The van der Waals surface area contributed by atoms with Crippen LogP contribution in [0.4, 0.5) is 36.4 Å². The van der Waals surface area contributed by atoms with Crippen LogP contribution in [0.15, 0.2) is 97.6 Å². The Bertz CT molecular complexity index is 6500. The normalized spacial score (nSPS) is 19.6. The molecule has 25 nitrogen and oxygen atoms in total. The van der Waals surface area contributed by atoms with Crippen LogP contribution in [-0.4, -0.2) is 111 Å². The predicted octanol–water partition coefficient (Wildman–Crippen LogP) is 24.5. The van der Waals surface area contributed by atoms with Gasteiger partial charge in [-0.05, 0) is 272 Å². The number of anilines is 4. The zero-order chi connectivity index (χ0) is 98.7. The number of hydrogen-bond acceptors (Lipinski definition) is 17. The SMILES string of the molecule is CC(=O)C[C@@H]1CCC[C@H](C(=O)Nc2cc(-c3cc(F)c4nn(C)c(C(C)C)c4c3)c(C)cn2)C1.CC(=O)C[C@@H]1CCC[C@H](C(=O)Nc2cc(-c3cc(F)c4nn(C)c(C5CC5)c4c3)c(Cl)cn2)C1.CC(=O)C[C@@H]1CCC[C@H](C(=O)Nc2cc(-c3ccc4nn(C)c(C(C)C)c4n3)c(Cl)cn2)C1.CC(C)c1c2cc(-c3cc(NC(=O)[C@H]4CCC[C@@H](CC(=O)C5(C)CC5)C4)ncc3Cl)cc(F)c2nn1C. The fourth-order valence-electron chi connectivity index (χ4n) is 21.4. The van der Waals surface area contributed by atoms with E-state index in [2.05, 4.69) is 89.3 Å². The number of amides is 4. The second kappa shape index (κ2) is 43.1. The molecule has 0 unspecified atom stereocenters. The van der Waals surface area contributed by atoms with Gasteiger partial charge in [-0.25, -0.2) is 38.1 Å². The lowest BCUT2D eigenvalue weighted by Crippen LogP contribution is -2.30. The Morgan fingerprint density at radius 2 is 0.746 bits per heavy atom. The standard InChI is InChI=1S/C29H34ClFN4O2.C27H33FN4O2.C26H28ClFN4O2.C25H30ClN5O2/c1-16(2)27-21-12-19(13-23(31)26(21)34-35(27)4)20-14-25(32-15-22(20)30)33-28(37)18-7-5-6-17(10-18)11-24(36)29(3)8-9-29;1-15(2)26-22-11-20(12-23(28)25(22)31-32(26)5)21-13-24(29-14-16(21)3)30-27(34)19-8-6-7-18(10-19)9-17(4)33;1-14(33)8-15-4-3-5-17(9-15)26(34)30-23-12-19(21(27)13-29-23)18-10-20-24(22(28)11-18)31-32(2)25(20)16-6-7-16;1-14(2)24-23-21(30-31(24)4)9-8-20(28-23)18-12-22(27-13-19(18)26)29-25(33)17-7-5-6-16(11-17)10-15(3)32/h12-18H,5-11H2,1-4H3,(H,32,33,37);11-15,18-19H,6-10H2,1-5H3,(H,29,30,34);10-13,15-17H,3-9H2,1-2H3,(H,29,30,34);8-9,12-14,16-17H,5-7,10-11H2,1-4H3,(H,27,29,33)/t17-,18+;18-,19-;15-,17-;16-,17-/m1000/s1. The maximum absolute atomic E-state index is 15.1. The van der Waals surface area contributed by atoms with Gasteiger partial charge >= 0.3 is 0 Å². The lowest BCUT2D eigenvalue weighted by molar-refractivity contribution is -0.126. The van der Waals surface area contributed by atoms with E-state index in [1.165, 1.54) is 30.6 Å². The van der Waals surface area contributed by atoms with Crippen LogP contribution in [0, 0.1) is 77.1 Å². The molecule has 31 heteroatoms. The molecule has 0 radical (unpaired) electrons. The topological polar surface area (TPSA) is 320 Å². The second-order valence-corrected chi connectivity index (χ2v) is 41.9. The van der Waals surface area contributed by atoms with E-state index in [0.29, 0.717) is 132 Å². The third-order valence-corrected chi connectivity index (χ3v) is 29.4. The van der Waals surface area contributed by atoms with Gasteiger partial charge in [0.15, 0.2) is 17.5 Å². The number of aromatic nitrogens is 13. The molecule has 0 bridgehead atoms. The molecule has 18 rings (SSSR count). The number of halogens is 6. The highest BCUT2D eigenvalue weighted by molar-refractivity contribution is 6.34. The number of aryl methyl sites for hydroxylation is 5. The maximum Gasteiger partial charge on any atom is 0.228 e. The summed E-state index contributed by atoms with van der Waals surface area (Å²) in [4.78, 5) is 121. The molecule has 9 heterocycles. The largest absolute Gasteiger partial charge is 0.310 e. The van der Waals surface area contributed by atoms with E-state index in [1.807, 2.05) is 97.0 Å². The Balaban J connectivity index is 0.000000140. The van der Waals surface area contributed by atoms with Crippen LogP contribution in [0.1, 0.15) is 275 Å². The third-order valence-electron chi connectivity index (χ3n) is 28.5. The predicted molar refractivity (Wildman–Crippen MR) is 537 cm³/mol. The Hall–Kier alpha value is -11.5. The number of benzene rings is 3. The molecule has 6 saturated carbocycles. The first-order valence-corrected chi connectivity index (χ1v) is 49.9. The van der Waals surface area contributed by atoms with Crippen molar-refractivity contribution in [2.45, 2.75) is 254 Å². The van der Waals surface area contributed by atoms with Gasteiger partial charge in [0.2, 0.25) is 23.6 Å². The van der Waals surface area contributed by atoms with Crippen molar-refractivity contribution in [3.05, 3.63) is 158 Å². The first kappa shape index (κ1) is 101. The highest BCUT2D eigenvalue weighted by Crippen LogP contribution is 2.50. The van der Waals surface area contributed by atoms with Crippen LogP contribution in [0.3, 0.4) is 0 Å². The summed E-state index contributed by atoms with van der Waals surface area (Å²) in [5, 5.41) is 33.0. The lowest BCUT2D eigenvalue weighted by Gasteiger charge is -2.28. The Labute approximate surface area is 818 Å². The average Bonchev–Trinajstić information content (AvgIpc) is 1.59. The molecule has 0 aliphatic heterocycles. The molecule has 3 aromatic carbocycles. The van der Waals surface area contributed by atoms with Crippen molar-refractivity contribution in [3.8, 4) is 44.6 Å². The van der Waals surface area contributed by atoms with Crippen LogP contribution in [0.25, 0.3) is 88.4 Å². The van der Waals surface area contributed by atoms with Crippen molar-refractivity contribution in [2.75, 3.05) is 21.3 Å². The monoisotopic (exact) mass is 1940 g/mol. The average molecular weight is 1940 g/mol. The van der Waals surface area contributed by atoms with Crippen LogP contribution in [0.2, 0.25) is 15.1 Å². The van der Waals surface area contributed by atoms with Gasteiger partial charge in [-0.1, -0.05) is 109 Å².